The van der Waals surface area contributed by atoms with Crippen molar-refractivity contribution < 1.29 is 4.74 Å². The maximum atomic E-state index is 6.05. The van der Waals surface area contributed by atoms with Crippen molar-refractivity contribution in [1.29, 1.82) is 0 Å². The molecule has 0 bridgehead atoms. The van der Waals surface area contributed by atoms with E-state index in [-0.39, 0.29) is 0 Å². The van der Waals surface area contributed by atoms with Crippen LogP contribution >= 0.6 is 0 Å². The Morgan fingerprint density at radius 2 is 1.84 bits per heavy atom. The van der Waals surface area contributed by atoms with Gasteiger partial charge in [-0.2, -0.15) is 0 Å². The second kappa shape index (κ2) is 8.97. The smallest absolute Gasteiger partial charge is 0.0577 e. The van der Waals surface area contributed by atoms with E-state index in [2.05, 4.69) is 12.2 Å². The molecule has 0 aromatic carbocycles. The zero-order valence-electron chi connectivity index (χ0n) is 12.8. The largest absolute Gasteiger partial charge is 0.378 e. The molecule has 2 atom stereocenters. The summed E-state index contributed by atoms with van der Waals surface area (Å²) in [4.78, 5) is 0. The molecular formula is C17H33NO. The molecule has 0 aromatic heterocycles. The highest BCUT2D eigenvalue weighted by Gasteiger charge is 2.21. The van der Waals surface area contributed by atoms with Crippen LogP contribution in [0.2, 0.25) is 0 Å². The third kappa shape index (κ3) is 6.76. The molecule has 2 heteroatoms. The molecule has 0 amide bonds. The normalized spacial score (nSPS) is 27.6. The summed E-state index contributed by atoms with van der Waals surface area (Å²) in [5.41, 5.74) is 0. The van der Waals surface area contributed by atoms with Crippen molar-refractivity contribution in [2.75, 3.05) is 13.2 Å². The summed E-state index contributed by atoms with van der Waals surface area (Å²) >= 11 is 0. The molecule has 0 aliphatic heterocycles. The second-order valence-electron chi connectivity index (χ2n) is 6.58. The molecule has 1 N–H and O–H groups in total. The standard InChI is InChI=1S/C17H33NO/c1-2-15-8-7-9-17(14-15)19-13-6-4-3-5-12-18-16-10-11-16/h15-18H,2-14H2,1H3. The molecule has 2 fully saturated rings. The third-order valence-corrected chi connectivity index (χ3v) is 4.75. The summed E-state index contributed by atoms with van der Waals surface area (Å²) in [5.74, 6) is 0.937. The van der Waals surface area contributed by atoms with Gasteiger partial charge in [-0.15, -0.1) is 0 Å². The van der Waals surface area contributed by atoms with Crippen molar-refractivity contribution in [3.05, 3.63) is 0 Å². The van der Waals surface area contributed by atoms with E-state index in [1.54, 1.807) is 0 Å². The Labute approximate surface area is 119 Å². The van der Waals surface area contributed by atoms with Crippen LogP contribution in [0.15, 0.2) is 0 Å². The van der Waals surface area contributed by atoms with Gasteiger partial charge in [0, 0.05) is 12.6 Å². The zero-order valence-corrected chi connectivity index (χ0v) is 12.8. The van der Waals surface area contributed by atoms with Crippen molar-refractivity contribution in [3.8, 4) is 0 Å². The molecule has 2 rings (SSSR count). The van der Waals surface area contributed by atoms with Gasteiger partial charge in [0.15, 0.2) is 0 Å². The van der Waals surface area contributed by atoms with Gasteiger partial charge in [0.25, 0.3) is 0 Å². The Kier molecular flexibility index (Phi) is 7.23. The Morgan fingerprint density at radius 1 is 1.00 bits per heavy atom. The van der Waals surface area contributed by atoms with Gasteiger partial charge in [0.2, 0.25) is 0 Å². The molecule has 0 saturated heterocycles. The third-order valence-electron chi connectivity index (χ3n) is 4.75. The lowest BCUT2D eigenvalue weighted by Crippen LogP contribution is -2.23. The maximum absolute atomic E-state index is 6.05. The van der Waals surface area contributed by atoms with Crippen LogP contribution in [-0.2, 0) is 4.74 Å². The summed E-state index contributed by atoms with van der Waals surface area (Å²) in [6, 6.07) is 0.876. The van der Waals surface area contributed by atoms with E-state index in [9.17, 15) is 0 Å². The van der Waals surface area contributed by atoms with Crippen molar-refractivity contribution in [3.63, 3.8) is 0 Å². The lowest BCUT2D eigenvalue weighted by Gasteiger charge is -2.28. The highest BCUT2D eigenvalue weighted by atomic mass is 16.5. The highest BCUT2D eigenvalue weighted by Crippen LogP contribution is 2.28. The first-order chi connectivity index (χ1) is 9.38. The van der Waals surface area contributed by atoms with E-state index in [1.807, 2.05) is 0 Å². The molecule has 19 heavy (non-hydrogen) atoms. The number of unbranched alkanes of at least 4 members (excludes halogenated alkanes) is 3. The molecular weight excluding hydrogens is 234 g/mol. The van der Waals surface area contributed by atoms with Crippen LogP contribution in [0.3, 0.4) is 0 Å². The maximum Gasteiger partial charge on any atom is 0.0577 e. The Morgan fingerprint density at radius 3 is 2.63 bits per heavy atom. The van der Waals surface area contributed by atoms with E-state index in [4.69, 9.17) is 4.74 Å². The van der Waals surface area contributed by atoms with Gasteiger partial charge in [-0.3, -0.25) is 0 Å². The topological polar surface area (TPSA) is 21.3 Å². The first-order valence-electron chi connectivity index (χ1n) is 8.73. The quantitative estimate of drug-likeness (QED) is 0.596. The SMILES string of the molecule is CCC1CCCC(OCCCCCCNC2CC2)C1. The Balaban J connectivity index is 1.36. The van der Waals surface area contributed by atoms with E-state index in [1.165, 1.54) is 77.2 Å². The monoisotopic (exact) mass is 267 g/mol. The van der Waals surface area contributed by atoms with Crippen LogP contribution in [0.1, 0.15) is 77.6 Å². The Hall–Kier alpha value is -0.0800. The molecule has 112 valence electrons. The zero-order chi connectivity index (χ0) is 13.3. The van der Waals surface area contributed by atoms with E-state index >= 15 is 0 Å². The number of nitrogens with one attached hydrogen (secondary N) is 1. The summed E-state index contributed by atoms with van der Waals surface area (Å²) in [7, 11) is 0. The minimum Gasteiger partial charge on any atom is -0.378 e. The first kappa shape index (κ1) is 15.3. The fourth-order valence-electron chi connectivity index (χ4n) is 3.19. The van der Waals surface area contributed by atoms with Crippen LogP contribution in [0.5, 0.6) is 0 Å². The predicted molar refractivity (Wildman–Crippen MR) is 81.5 cm³/mol. The van der Waals surface area contributed by atoms with Gasteiger partial charge >= 0.3 is 0 Å². The molecule has 2 aliphatic carbocycles. The van der Waals surface area contributed by atoms with E-state index in [0.29, 0.717) is 6.10 Å². The van der Waals surface area contributed by atoms with E-state index < -0.39 is 0 Å². The fraction of sp³-hybridized carbons (Fsp3) is 1.00. The highest BCUT2D eigenvalue weighted by molar-refractivity contribution is 4.80. The molecule has 0 heterocycles. The van der Waals surface area contributed by atoms with Crippen LogP contribution in [0, 0.1) is 5.92 Å². The molecule has 2 unspecified atom stereocenters. The molecule has 2 nitrogen and oxygen atoms in total. The summed E-state index contributed by atoms with van der Waals surface area (Å²) in [6.07, 6.45) is 15.5. The summed E-state index contributed by atoms with van der Waals surface area (Å²) in [5, 5.41) is 3.58. The van der Waals surface area contributed by atoms with Crippen molar-refractivity contribution in [2.24, 2.45) is 5.92 Å². The van der Waals surface area contributed by atoms with Crippen LogP contribution < -0.4 is 5.32 Å². The number of hydrogen-bond acceptors (Lipinski definition) is 2. The molecule has 0 aromatic rings. The number of hydrogen-bond donors (Lipinski definition) is 1. The molecule has 2 saturated carbocycles. The predicted octanol–water partition coefficient (Wildman–Crippen LogP) is 4.28. The minimum atomic E-state index is 0.579. The summed E-state index contributed by atoms with van der Waals surface area (Å²) < 4.78 is 6.05. The second-order valence-corrected chi connectivity index (χ2v) is 6.58. The average Bonchev–Trinajstić information content (AvgIpc) is 3.26. The van der Waals surface area contributed by atoms with Gasteiger partial charge in [-0.1, -0.05) is 39.0 Å². The lowest BCUT2D eigenvalue weighted by molar-refractivity contribution is 0.0107. The number of ether oxygens (including phenoxy) is 1. The van der Waals surface area contributed by atoms with Crippen molar-refractivity contribution in [2.45, 2.75) is 89.7 Å². The van der Waals surface area contributed by atoms with Gasteiger partial charge in [0.05, 0.1) is 6.10 Å². The average molecular weight is 267 g/mol. The lowest BCUT2D eigenvalue weighted by atomic mass is 9.85. The fourth-order valence-corrected chi connectivity index (χ4v) is 3.19. The Bertz CT molecular complexity index is 227. The molecule has 2 aliphatic rings. The summed E-state index contributed by atoms with van der Waals surface area (Å²) in [6.45, 7) is 4.55. The molecule has 0 spiro atoms. The van der Waals surface area contributed by atoms with Crippen LogP contribution in [0.25, 0.3) is 0 Å². The van der Waals surface area contributed by atoms with Crippen molar-refractivity contribution >= 4 is 0 Å². The van der Waals surface area contributed by atoms with Gasteiger partial charge in [0.1, 0.15) is 0 Å². The van der Waals surface area contributed by atoms with Crippen LogP contribution in [-0.4, -0.2) is 25.3 Å². The molecule has 0 radical (unpaired) electrons. The minimum absolute atomic E-state index is 0.579. The number of rotatable bonds is 10. The van der Waals surface area contributed by atoms with Crippen molar-refractivity contribution in [1.82, 2.24) is 5.32 Å². The van der Waals surface area contributed by atoms with E-state index in [0.717, 1.165) is 18.6 Å². The van der Waals surface area contributed by atoms with Gasteiger partial charge in [-0.05, 0) is 51.0 Å². The van der Waals surface area contributed by atoms with Crippen LogP contribution in [0.4, 0.5) is 0 Å². The van der Waals surface area contributed by atoms with Gasteiger partial charge in [-0.25, -0.2) is 0 Å². The first-order valence-corrected chi connectivity index (χ1v) is 8.73. The van der Waals surface area contributed by atoms with Gasteiger partial charge < -0.3 is 10.1 Å².